The summed E-state index contributed by atoms with van der Waals surface area (Å²) >= 11 is 1.28. The Labute approximate surface area is 235 Å². The summed E-state index contributed by atoms with van der Waals surface area (Å²) < 4.78 is 31.4. The van der Waals surface area contributed by atoms with Gasteiger partial charge >= 0.3 is 6.03 Å². The van der Waals surface area contributed by atoms with Gasteiger partial charge in [-0.15, -0.1) is 11.3 Å². The van der Waals surface area contributed by atoms with Gasteiger partial charge in [-0.05, 0) is 29.7 Å². The number of thiophene rings is 1. The van der Waals surface area contributed by atoms with E-state index in [1.807, 2.05) is 60.7 Å². The molecule has 0 radical (unpaired) electrons. The molecular formula is C28H28N4O6S2. The van der Waals surface area contributed by atoms with Gasteiger partial charge in [0, 0.05) is 35.0 Å². The number of sulfone groups is 1. The molecule has 4 aromatic rings. The van der Waals surface area contributed by atoms with Crippen molar-refractivity contribution in [3.05, 3.63) is 89.8 Å². The predicted molar refractivity (Wildman–Crippen MR) is 150 cm³/mol. The fourth-order valence-corrected chi connectivity index (χ4v) is 8.46. The number of benzene rings is 2. The normalized spacial score (nSPS) is 18.6. The number of hydrogen-bond acceptors (Lipinski definition) is 8. The van der Waals surface area contributed by atoms with Crippen LogP contribution >= 0.6 is 11.3 Å². The zero-order valence-electron chi connectivity index (χ0n) is 21.4. The Hall–Kier alpha value is -4.00. The second-order valence-electron chi connectivity index (χ2n) is 9.51. The Morgan fingerprint density at radius 1 is 1.02 bits per heavy atom. The topological polar surface area (TPSA) is 142 Å². The first-order valence-corrected chi connectivity index (χ1v) is 15.1. The minimum absolute atomic E-state index is 0.00585. The fraction of sp³-hybridized carbons (Fsp3) is 0.250. The molecule has 0 saturated carbocycles. The van der Waals surface area contributed by atoms with Crippen molar-refractivity contribution >= 4 is 33.1 Å². The first kappa shape index (κ1) is 27.6. The van der Waals surface area contributed by atoms with Gasteiger partial charge < -0.3 is 14.6 Å². The molecule has 12 heteroatoms. The molecule has 0 bridgehead atoms. The smallest absolute Gasteiger partial charge is 0.317 e. The molecule has 1 fully saturated rings. The second-order valence-corrected chi connectivity index (χ2v) is 13.0. The lowest BCUT2D eigenvalue weighted by molar-refractivity contribution is -0.129. The van der Waals surface area contributed by atoms with E-state index < -0.39 is 26.9 Å². The van der Waals surface area contributed by atoms with Crippen LogP contribution < -0.4 is 10.8 Å². The van der Waals surface area contributed by atoms with Crippen molar-refractivity contribution in [3.8, 4) is 21.8 Å². The maximum Gasteiger partial charge on any atom is 0.317 e. The van der Waals surface area contributed by atoms with Crippen molar-refractivity contribution in [3.63, 3.8) is 0 Å². The number of carbonyl (C=O) groups is 2. The number of hydrogen-bond donors (Lipinski definition) is 3. The number of aromatic nitrogens is 1. The lowest BCUT2D eigenvalue weighted by Crippen LogP contribution is -2.42. The summed E-state index contributed by atoms with van der Waals surface area (Å²) in [5.41, 5.74) is 4.24. The lowest BCUT2D eigenvalue weighted by atomic mass is 9.97. The molecule has 5 rings (SSSR count). The van der Waals surface area contributed by atoms with E-state index in [0.29, 0.717) is 17.2 Å². The average molecular weight is 581 g/mol. The molecular weight excluding hydrogens is 552 g/mol. The van der Waals surface area contributed by atoms with E-state index >= 15 is 0 Å². The molecule has 3 N–H and O–H groups in total. The van der Waals surface area contributed by atoms with Crippen LogP contribution in [0.25, 0.3) is 21.8 Å². The zero-order valence-corrected chi connectivity index (χ0v) is 23.1. The van der Waals surface area contributed by atoms with Gasteiger partial charge in [0.05, 0.1) is 18.4 Å². The molecule has 2 aromatic heterocycles. The number of rotatable bonds is 7. The monoisotopic (exact) mass is 580 g/mol. The van der Waals surface area contributed by atoms with Crippen molar-refractivity contribution < 1.29 is 27.6 Å². The average Bonchev–Trinajstić information content (AvgIpc) is 3.67. The number of urea groups is 1. The maximum atomic E-state index is 13.8. The number of nitrogens with one attached hydrogen (secondary N) is 2. The van der Waals surface area contributed by atoms with Crippen molar-refractivity contribution in [1.82, 2.24) is 20.7 Å². The summed E-state index contributed by atoms with van der Waals surface area (Å²) in [4.78, 5) is 32.1. The van der Waals surface area contributed by atoms with Crippen molar-refractivity contribution in [1.29, 1.82) is 0 Å². The van der Waals surface area contributed by atoms with Crippen LogP contribution in [-0.2, 0) is 25.9 Å². The number of oxazole rings is 1. The van der Waals surface area contributed by atoms with E-state index in [0.717, 1.165) is 21.6 Å². The Balaban J connectivity index is 1.40. The molecule has 1 aliphatic heterocycles. The molecule has 2 aromatic carbocycles. The van der Waals surface area contributed by atoms with Gasteiger partial charge in [0.2, 0.25) is 5.91 Å². The summed E-state index contributed by atoms with van der Waals surface area (Å²) in [6, 6.07) is 20.2. The quantitative estimate of drug-likeness (QED) is 0.220. The molecule has 1 saturated heterocycles. The Morgan fingerprint density at radius 2 is 1.77 bits per heavy atom. The molecule has 1 atom stereocenters. The van der Waals surface area contributed by atoms with Crippen LogP contribution in [0, 0.1) is 0 Å². The fourth-order valence-electron chi connectivity index (χ4n) is 4.85. The van der Waals surface area contributed by atoms with Gasteiger partial charge in [0.1, 0.15) is 4.75 Å². The van der Waals surface area contributed by atoms with E-state index in [-0.39, 0.29) is 31.3 Å². The number of nitrogens with zero attached hydrogens (tertiary/aromatic N) is 2. The van der Waals surface area contributed by atoms with E-state index in [1.54, 1.807) is 17.7 Å². The predicted octanol–water partition coefficient (Wildman–Crippen LogP) is 4.19. The molecule has 208 valence electrons. The van der Waals surface area contributed by atoms with Crippen LogP contribution in [0.15, 0.2) is 83.7 Å². The first-order chi connectivity index (χ1) is 19.3. The molecule has 3 amide bonds. The van der Waals surface area contributed by atoms with E-state index in [2.05, 4.69) is 10.3 Å². The third kappa shape index (κ3) is 5.64. The van der Waals surface area contributed by atoms with Crippen LogP contribution in [0.2, 0.25) is 0 Å². The summed E-state index contributed by atoms with van der Waals surface area (Å²) in [6.45, 7) is 0.426. The largest absolute Gasteiger partial charge is 0.444 e. The minimum atomic E-state index is -3.92. The highest BCUT2D eigenvalue weighted by Gasteiger charge is 2.49. The van der Waals surface area contributed by atoms with Gasteiger partial charge in [-0.2, -0.15) is 0 Å². The summed E-state index contributed by atoms with van der Waals surface area (Å²) in [6.07, 6.45) is 2.52. The Kier molecular flexibility index (Phi) is 8.01. The maximum absolute atomic E-state index is 13.8. The van der Waals surface area contributed by atoms with Gasteiger partial charge in [0.15, 0.2) is 22.0 Å². The Morgan fingerprint density at radius 3 is 2.48 bits per heavy atom. The van der Waals surface area contributed by atoms with Crippen LogP contribution in [0.1, 0.15) is 23.3 Å². The van der Waals surface area contributed by atoms with Crippen LogP contribution in [-0.4, -0.2) is 54.3 Å². The van der Waals surface area contributed by atoms with E-state index in [9.17, 15) is 23.2 Å². The van der Waals surface area contributed by atoms with Crippen molar-refractivity contribution in [2.45, 2.75) is 24.1 Å². The van der Waals surface area contributed by atoms with Crippen LogP contribution in [0.5, 0.6) is 0 Å². The van der Waals surface area contributed by atoms with Gasteiger partial charge in [-0.1, -0.05) is 54.6 Å². The van der Waals surface area contributed by atoms with Gasteiger partial charge in [-0.25, -0.2) is 23.7 Å². The summed E-state index contributed by atoms with van der Waals surface area (Å²) in [5, 5.41) is 12.1. The number of hydroxylamine groups is 1. The van der Waals surface area contributed by atoms with E-state index in [4.69, 9.17) is 4.42 Å². The molecule has 3 heterocycles. The number of carbonyl (C=O) groups excluding carboxylic acids is 2. The second kappa shape index (κ2) is 11.6. The highest BCUT2D eigenvalue weighted by atomic mass is 32.2. The highest BCUT2D eigenvalue weighted by Crippen LogP contribution is 2.45. The van der Waals surface area contributed by atoms with Crippen LogP contribution in [0.4, 0.5) is 4.79 Å². The number of amides is 3. The molecule has 10 nitrogen and oxygen atoms in total. The zero-order chi connectivity index (χ0) is 28.2. The molecule has 1 aliphatic rings. The van der Waals surface area contributed by atoms with Crippen LogP contribution in [0.3, 0.4) is 0 Å². The molecule has 0 aliphatic carbocycles. The molecule has 0 spiro atoms. The highest BCUT2D eigenvalue weighted by molar-refractivity contribution is 7.92. The summed E-state index contributed by atoms with van der Waals surface area (Å²) in [7, 11) is -3.92. The van der Waals surface area contributed by atoms with Gasteiger partial charge in [0.25, 0.3) is 0 Å². The summed E-state index contributed by atoms with van der Waals surface area (Å²) in [5.74, 6) is -0.491. The standard InChI is InChI=1S/C28H28N4O6S2/c33-26(31-35)16-28(25-11-10-24(39-25)22-8-6-21(7-9-22)23-18-29-19-38-23)12-13-32(14-15-40(28,36)37)27(34)30-17-20-4-2-1-3-5-20/h1-11,18-19,35H,12-17H2,(H,30,34)(H,31,33). The SMILES string of the molecule is O=C(CC1(c2ccc(-c3ccc(-c4cnco4)cc3)s2)CCN(C(=O)NCc2ccccc2)CCS1(=O)=O)NO. The molecule has 1 unspecified atom stereocenters. The third-order valence-corrected chi connectivity index (χ3v) is 11.0. The first-order valence-electron chi connectivity index (χ1n) is 12.6. The van der Waals surface area contributed by atoms with Crippen molar-refractivity contribution in [2.75, 3.05) is 18.8 Å². The van der Waals surface area contributed by atoms with E-state index in [1.165, 1.54) is 22.6 Å². The third-order valence-electron chi connectivity index (χ3n) is 7.10. The lowest BCUT2D eigenvalue weighted by Gasteiger charge is -2.30. The minimum Gasteiger partial charge on any atom is -0.444 e. The van der Waals surface area contributed by atoms with Gasteiger partial charge in [-0.3, -0.25) is 10.0 Å². The van der Waals surface area contributed by atoms with Crippen molar-refractivity contribution in [2.24, 2.45) is 0 Å². The Bertz CT molecular complexity index is 1570. The molecule has 40 heavy (non-hydrogen) atoms.